The maximum absolute atomic E-state index is 5.56. The Balaban J connectivity index is 2.19. The molecule has 15 heavy (non-hydrogen) atoms. The van der Waals surface area contributed by atoms with Crippen LogP contribution in [-0.4, -0.2) is 6.61 Å². The molecule has 0 saturated carbocycles. The minimum Gasteiger partial charge on any atom is -0.501 e. The number of nitrogens with two attached hydrogens (primary N) is 1. The van der Waals surface area contributed by atoms with Gasteiger partial charge >= 0.3 is 0 Å². The van der Waals surface area contributed by atoms with E-state index in [1.165, 1.54) is 5.57 Å². The molecule has 4 heteroatoms. The van der Waals surface area contributed by atoms with Crippen LogP contribution in [0.5, 0.6) is 0 Å². The summed E-state index contributed by atoms with van der Waals surface area (Å²) in [6.45, 7) is 2.72. The van der Waals surface area contributed by atoms with Crippen molar-refractivity contribution in [3.05, 3.63) is 35.5 Å². The summed E-state index contributed by atoms with van der Waals surface area (Å²) in [6, 6.07) is 1.99. The monoisotopic (exact) mass is 208 g/mol. The molecule has 0 spiro atoms. The van der Waals surface area contributed by atoms with E-state index in [1.54, 1.807) is 12.5 Å². The Kier molecular flexibility index (Phi) is 3.08. The second-order valence-corrected chi connectivity index (χ2v) is 3.76. The lowest BCUT2D eigenvalue weighted by Crippen LogP contribution is -2.30. The van der Waals surface area contributed by atoms with Gasteiger partial charge in [0.05, 0.1) is 25.2 Å². The normalized spacial score (nSPS) is 18.1. The molecule has 1 aromatic heterocycles. The van der Waals surface area contributed by atoms with E-state index >= 15 is 0 Å². The van der Waals surface area contributed by atoms with Gasteiger partial charge in [-0.05, 0) is 31.4 Å². The highest BCUT2D eigenvalue weighted by Gasteiger charge is 2.19. The highest BCUT2D eigenvalue weighted by molar-refractivity contribution is 5.26. The summed E-state index contributed by atoms with van der Waals surface area (Å²) in [5, 5.41) is 0. The molecule has 1 atom stereocenters. The third-order valence-corrected chi connectivity index (χ3v) is 2.58. The van der Waals surface area contributed by atoms with Crippen molar-refractivity contribution in [1.29, 1.82) is 0 Å². The van der Waals surface area contributed by atoms with Crippen molar-refractivity contribution in [1.82, 2.24) is 5.43 Å². The maximum Gasteiger partial charge on any atom is 0.101 e. The number of aryl methyl sites for hydroxylation is 1. The zero-order valence-electron chi connectivity index (χ0n) is 8.82. The van der Waals surface area contributed by atoms with Crippen LogP contribution in [0.15, 0.2) is 28.6 Å². The molecule has 0 amide bonds. The van der Waals surface area contributed by atoms with Gasteiger partial charge in [-0.25, -0.2) is 5.43 Å². The Hall–Kier alpha value is -1.26. The van der Waals surface area contributed by atoms with Gasteiger partial charge in [-0.1, -0.05) is 0 Å². The summed E-state index contributed by atoms with van der Waals surface area (Å²) in [5.74, 6) is 6.45. The van der Waals surface area contributed by atoms with E-state index in [4.69, 9.17) is 15.0 Å². The van der Waals surface area contributed by atoms with Crippen molar-refractivity contribution < 1.29 is 9.15 Å². The minimum atomic E-state index is 0.00255. The van der Waals surface area contributed by atoms with Gasteiger partial charge in [0.1, 0.15) is 5.76 Å². The predicted molar refractivity (Wildman–Crippen MR) is 56.8 cm³/mol. The van der Waals surface area contributed by atoms with Gasteiger partial charge in [0.2, 0.25) is 0 Å². The van der Waals surface area contributed by atoms with Gasteiger partial charge in [-0.2, -0.15) is 0 Å². The average Bonchev–Trinajstić information content (AvgIpc) is 2.68. The lowest BCUT2D eigenvalue weighted by Gasteiger charge is -2.21. The lowest BCUT2D eigenvalue weighted by atomic mass is 9.98. The summed E-state index contributed by atoms with van der Waals surface area (Å²) >= 11 is 0. The molecule has 1 aliphatic heterocycles. The molecule has 3 N–H and O–H groups in total. The van der Waals surface area contributed by atoms with E-state index in [-0.39, 0.29) is 6.04 Å². The van der Waals surface area contributed by atoms with Crippen molar-refractivity contribution in [3.8, 4) is 0 Å². The predicted octanol–water partition coefficient (Wildman–Crippen LogP) is 1.79. The molecule has 2 rings (SSSR count). The Morgan fingerprint density at radius 3 is 2.93 bits per heavy atom. The zero-order valence-corrected chi connectivity index (χ0v) is 8.82. The van der Waals surface area contributed by atoms with Crippen LogP contribution in [0.2, 0.25) is 0 Å². The van der Waals surface area contributed by atoms with Gasteiger partial charge < -0.3 is 9.15 Å². The van der Waals surface area contributed by atoms with Gasteiger partial charge in [-0.15, -0.1) is 0 Å². The zero-order chi connectivity index (χ0) is 10.7. The molecule has 0 radical (unpaired) electrons. The highest BCUT2D eigenvalue weighted by Crippen LogP contribution is 2.27. The fourth-order valence-corrected chi connectivity index (χ4v) is 1.83. The largest absolute Gasteiger partial charge is 0.501 e. The van der Waals surface area contributed by atoms with E-state index in [9.17, 15) is 0 Å². The summed E-state index contributed by atoms with van der Waals surface area (Å²) in [6.07, 6.45) is 5.59. The fourth-order valence-electron chi connectivity index (χ4n) is 1.83. The molecule has 0 aromatic carbocycles. The third-order valence-electron chi connectivity index (χ3n) is 2.58. The van der Waals surface area contributed by atoms with E-state index in [2.05, 4.69) is 5.43 Å². The van der Waals surface area contributed by atoms with Crippen molar-refractivity contribution >= 4 is 0 Å². The van der Waals surface area contributed by atoms with Crippen molar-refractivity contribution in [3.63, 3.8) is 0 Å². The summed E-state index contributed by atoms with van der Waals surface area (Å²) in [7, 11) is 0. The van der Waals surface area contributed by atoms with Crippen LogP contribution in [0.25, 0.3) is 0 Å². The molecule has 0 fully saturated rings. The molecular weight excluding hydrogens is 192 g/mol. The first-order chi connectivity index (χ1) is 7.31. The molecule has 0 aliphatic carbocycles. The molecular formula is C11H16N2O2. The topological polar surface area (TPSA) is 60.4 Å². The van der Waals surface area contributed by atoms with Crippen LogP contribution < -0.4 is 11.3 Å². The summed E-state index contributed by atoms with van der Waals surface area (Å²) in [5.41, 5.74) is 5.01. The van der Waals surface area contributed by atoms with Crippen molar-refractivity contribution in [2.45, 2.75) is 25.8 Å². The molecule has 1 aromatic rings. The lowest BCUT2D eigenvalue weighted by molar-refractivity contribution is 0.219. The molecule has 2 heterocycles. The number of hydrogen-bond donors (Lipinski definition) is 2. The Labute approximate surface area is 89.1 Å². The smallest absolute Gasteiger partial charge is 0.101 e. The second-order valence-electron chi connectivity index (χ2n) is 3.76. The first-order valence-corrected chi connectivity index (χ1v) is 5.13. The molecule has 1 unspecified atom stereocenters. The van der Waals surface area contributed by atoms with Gasteiger partial charge in [0, 0.05) is 5.56 Å². The van der Waals surface area contributed by atoms with E-state index in [1.807, 2.05) is 13.0 Å². The maximum atomic E-state index is 5.56. The number of nitrogens with one attached hydrogen (secondary N) is 1. The average molecular weight is 208 g/mol. The molecule has 0 saturated heterocycles. The first-order valence-electron chi connectivity index (χ1n) is 5.13. The Morgan fingerprint density at radius 1 is 1.53 bits per heavy atom. The highest BCUT2D eigenvalue weighted by atomic mass is 16.5. The molecule has 82 valence electrons. The fraction of sp³-hybridized carbons (Fsp3) is 0.455. The Morgan fingerprint density at radius 2 is 2.40 bits per heavy atom. The number of rotatable bonds is 3. The van der Waals surface area contributed by atoms with Crippen molar-refractivity contribution in [2.75, 3.05) is 6.61 Å². The first kappa shape index (κ1) is 10.3. The van der Waals surface area contributed by atoms with Crippen LogP contribution in [0, 0.1) is 6.92 Å². The quantitative estimate of drug-likeness (QED) is 0.587. The summed E-state index contributed by atoms with van der Waals surface area (Å²) < 4.78 is 10.6. The molecule has 1 aliphatic rings. The van der Waals surface area contributed by atoms with Crippen LogP contribution in [0.3, 0.4) is 0 Å². The minimum absolute atomic E-state index is 0.00255. The molecule has 4 nitrogen and oxygen atoms in total. The number of furan rings is 1. The Bertz CT molecular complexity index is 357. The van der Waals surface area contributed by atoms with Gasteiger partial charge in [0.15, 0.2) is 0 Å². The number of ether oxygens (including phenoxy) is 1. The van der Waals surface area contributed by atoms with Crippen LogP contribution in [-0.2, 0) is 4.74 Å². The number of hydrazine groups is 1. The third kappa shape index (κ3) is 2.22. The standard InChI is InChI=1S/C11H16N2O2/c1-8-5-10(7-15-8)11(13-12)9-3-2-4-14-6-9/h5-7,11,13H,2-4,12H2,1H3. The summed E-state index contributed by atoms with van der Waals surface area (Å²) in [4.78, 5) is 0. The van der Waals surface area contributed by atoms with Gasteiger partial charge in [-0.3, -0.25) is 5.84 Å². The van der Waals surface area contributed by atoms with E-state index in [0.29, 0.717) is 0 Å². The second kappa shape index (κ2) is 4.51. The van der Waals surface area contributed by atoms with E-state index in [0.717, 1.165) is 30.8 Å². The van der Waals surface area contributed by atoms with Crippen LogP contribution in [0.4, 0.5) is 0 Å². The van der Waals surface area contributed by atoms with Gasteiger partial charge in [0.25, 0.3) is 0 Å². The van der Waals surface area contributed by atoms with Crippen molar-refractivity contribution in [2.24, 2.45) is 5.84 Å². The van der Waals surface area contributed by atoms with Crippen LogP contribution >= 0.6 is 0 Å². The number of hydrogen-bond acceptors (Lipinski definition) is 4. The van der Waals surface area contributed by atoms with Crippen LogP contribution in [0.1, 0.15) is 30.2 Å². The SMILES string of the molecule is Cc1cc(C(NN)C2=COCCC2)co1. The van der Waals surface area contributed by atoms with E-state index < -0.39 is 0 Å². The molecule has 0 bridgehead atoms.